The Hall–Kier alpha value is -1.06. The van der Waals surface area contributed by atoms with Crippen molar-refractivity contribution in [3.8, 4) is 5.75 Å². The van der Waals surface area contributed by atoms with E-state index in [4.69, 9.17) is 4.74 Å². The fraction of sp³-hybridized carbons (Fsp3) is 0.647. The molecule has 0 amide bonds. The summed E-state index contributed by atoms with van der Waals surface area (Å²) in [5.74, 6) is 1.05. The van der Waals surface area contributed by atoms with Gasteiger partial charge >= 0.3 is 0 Å². The van der Waals surface area contributed by atoms with Crippen LogP contribution >= 0.6 is 0 Å². The van der Waals surface area contributed by atoms with Crippen molar-refractivity contribution in [2.24, 2.45) is 0 Å². The third kappa shape index (κ3) is 3.97. The summed E-state index contributed by atoms with van der Waals surface area (Å²) in [5.41, 5.74) is 2.64. The van der Waals surface area contributed by atoms with Gasteiger partial charge in [0.25, 0.3) is 0 Å². The number of hydrogen-bond acceptors (Lipinski definition) is 3. The number of nitrogens with zero attached hydrogens (tertiary/aromatic N) is 1. The molecule has 0 unspecified atom stereocenters. The summed E-state index contributed by atoms with van der Waals surface area (Å²) in [4.78, 5) is 2.35. The molecule has 0 spiro atoms. The maximum atomic E-state index is 5.91. The Kier molecular flexibility index (Phi) is 4.71. The van der Waals surface area contributed by atoms with Gasteiger partial charge in [0.1, 0.15) is 11.4 Å². The smallest absolute Gasteiger partial charge is 0.123 e. The van der Waals surface area contributed by atoms with Crippen LogP contribution in [0.1, 0.15) is 38.8 Å². The lowest BCUT2D eigenvalue weighted by atomic mass is 10.0. The summed E-state index contributed by atoms with van der Waals surface area (Å²) in [7, 11) is 2.17. The molecule has 0 aromatic heterocycles. The summed E-state index contributed by atoms with van der Waals surface area (Å²) in [6.07, 6.45) is 1.01. The third-order valence-corrected chi connectivity index (χ3v) is 3.98. The van der Waals surface area contributed by atoms with Crippen molar-refractivity contribution in [3.63, 3.8) is 0 Å². The first-order chi connectivity index (χ1) is 9.37. The van der Waals surface area contributed by atoms with Crippen molar-refractivity contribution in [2.75, 3.05) is 20.1 Å². The molecule has 1 aromatic rings. The monoisotopic (exact) mass is 276 g/mol. The molecule has 0 radical (unpaired) electrons. The molecule has 0 saturated carbocycles. The fourth-order valence-corrected chi connectivity index (χ4v) is 2.52. The number of benzene rings is 1. The highest BCUT2D eigenvalue weighted by atomic mass is 16.5. The molecule has 3 heteroatoms. The minimum absolute atomic E-state index is 0.0473. The van der Waals surface area contributed by atoms with Gasteiger partial charge in [-0.25, -0.2) is 0 Å². The number of fused-ring (bicyclic) bond motifs is 1. The molecule has 1 heterocycles. The van der Waals surface area contributed by atoms with Crippen LogP contribution in [0.5, 0.6) is 5.75 Å². The van der Waals surface area contributed by atoms with Crippen LogP contribution in [-0.2, 0) is 13.0 Å². The van der Waals surface area contributed by atoms with Crippen LogP contribution in [0.15, 0.2) is 18.2 Å². The number of ether oxygens (including phenoxy) is 1. The molecular weight excluding hydrogens is 248 g/mol. The van der Waals surface area contributed by atoms with Gasteiger partial charge in [0, 0.05) is 32.1 Å². The summed E-state index contributed by atoms with van der Waals surface area (Å²) < 4.78 is 5.91. The van der Waals surface area contributed by atoms with Gasteiger partial charge in [0.15, 0.2) is 0 Å². The molecule has 3 nitrogen and oxygen atoms in total. The zero-order valence-electron chi connectivity index (χ0n) is 13.5. The standard InChI is InChI=1S/C17H28N2O/c1-13(2)19(5)9-8-18-12-14-6-7-16-15(10-14)11-17(3,4)20-16/h6-7,10,13,18H,8-9,11-12H2,1-5H3. The molecule has 0 saturated heterocycles. The van der Waals surface area contributed by atoms with Crippen LogP contribution in [0.25, 0.3) is 0 Å². The average Bonchev–Trinajstić information content (AvgIpc) is 2.67. The number of hydrogen-bond donors (Lipinski definition) is 1. The Morgan fingerprint density at radius 1 is 1.35 bits per heavy atom. The topological polar surface area (TPSA) is 24.5 Å². The van der Waals surface area contributed by atoms with Crippen LogP contribution in [0.2, 0.25) is 0 Å². The minimum atomic E-state index is -0.0473. The molecule has 1 N–H and O–H groups in total. The van der Waals surface area contributed by atoms with E-state index < -0.39 is 0 Å². The highest BCUT2D eigenvalue weighted by Gasteiger charge is 2.29. The van der Waals surface area contributed by atoms with Crippen molar-refractivity contribution < 1.29 is 4.74 Å². The first-order valence-corrected chi connectivity index (χ1v) is 7.59. The van der Waals surface area contributed by atoms with Crippen molar-refractivity contribution >= 4 is 0 Å². The molecule has 0 fully saturated rings. The SMILES string of the molecule is CC(C)N(C)CCNCc1ccc2c(c1)CC(C)(C)O2. The zero-order valence-corrected chi connectivity index (χ0v) is 13.5. The second-order valence-corrected chi connectivity index (χ2v) is 6.73. The van der Waals surface area contributed by atoms with E-state index in [0.29, 0.717) is 6.04 Å². The molecule has 1 aliphatic heterocycles. The lowest BCUT2D eigenvalue weighted by molar-refractivity contribution is 0.138. The van der Waals surface area contributed by atoms with Gasteiger partial charge < -0.3 is 15.0 Å². The van der Waals surface area contributed by atoms with Crippen LogP contribution in [0, 0.1) is 0 Å². The van der Waals surface area contributed by atoms with Gasteiger partial charge in [-0.15, -0.1) is 0 Å². The number of rotatable bonds is 6. The molecule has 0 bridgehead atoms. The van der Waals surface area contributed by atoms with Gasteiger partial charge in [0.05, 0.1) is 0 Å². The maximum absolute atomic E-state index is 5.91. The molecule has 1 aliphatic rings. The van der Waals surface area contributed by atoms with Gasteiger partial charge in [-0.1, -0.05) is 12.1 Å². The van der Waals surface area contributed by atoms with Crippen LogP contribution in [-0.4, -0.2) is 36.7 Å². The Bertz CT molecular complexity index is 454. The van der Waals surface area contributed by atoms with E-state index in [9.17, 15) is 0 Å². The average molecular weight is 276 g/mol. The van der Waals surface area contributed by atoms with Gasteiger partial charge in [0.2, 0.25) is 0 Å². The molecule has 112 valence electrons. The minimum Gasteiger partial charge on any atom is -0.487 e. The van der Waals surface area contributed by atoms with Crippen LogP contribution in [0.3, 0.4) is 0 Å². The molecule has 0 atom stereocenters. The Balaban J connectivity index is 1.81. The number of likely N-dealkylation sites (N-methyl/N-ethyl adjacent to an activating group) is 1. The molecule has 0 aliphatic carbocycles. The maximum Gasteiger partial charge on any atom is 0.123 e. The van der Waals surface area contributed by atoms with E-state index in [1.165, 1.54) is 11.1 Å². The molecule has 20 heavy (non-hydrogen) atoms. The first-order valence-electron chi connectivity index (χ1n) is 7.59. The Morgan fingerprint density at radius 2 is 2.10 bits per heavy atom. The molecule has 2 rings (SSSR count). The van der Waals surface area contributed by atoms with Gasteiger partial charge in [-0.2, -0.15) is 0 Å². The van der Waals surface area contributed by atoms with Crippen LogP contribution in [0.4, 0.5) is 0 Å². The Morgan fingerprint density at radius 3 is 2.80 bits per heavy atom. The van der Waals surface area contributed by atoms with Crippen molar-refractivity contribution in [1.82, 2.24) is 10.2 Å². The lowest BCUT2D eigenvalue weighted by Crippen LogP contribution is -2.33. The second kappa shape index (κ2) is 6.15. The third-order valence-electron chi connectivity index (χ3n) is 3.98. The highest BCUT2D eigenvalue weighted by Crippen LogP contribution is 2.35. The first kappa shape index (κ1) is 15.3. The lowest BCUT2D eigenvalue weighted by Gasteiger charge is -2.20. The van der Waals surface area contributed by atoms with E-state index >= 15 is 0 Å². The highest BCUT2D eigenvalue weighted by molar-refractivity contribution is 5.41. The summed E-state index contributed by atoms with van der Waals surface area (Å²) in [6.45, 7) is 11.8. The van der Waals surface area contributed by atoms with Crippen LogP contribution < -0.4 is 10.1 Å². The zero-order chi connectivity index (χ0) is 14.8. The Labute approximate surface area is 123 Å². The van der Waals surface area contributed by atoms with E-state index in [2.05, 4.69) is 63.2 Å². The largest absolute Gasteiger partial charge is 0.487 e. The fourth-order valence-electron chi connectivity index (χ4n) is 2.52. The van der Waals surface area contributed by atoms with E-state index in [1.807, 2.05) is 0 Å². The van der Waals surface area contributed by atoms with Crippen molar-refractivity contribution in [1.29, 1.82) is 0 Å². The normalized spacial score (nSPS) is 16.6. The number of nitrogens with one attached hydrogen (secondary N) is 1. The van der Waals surface area contributed by atoms with E-state index in [-0.39, 0.29) is 5.60 Å². The van der Waals surface area contributed by atoms with E-state index in [1.54, 1.807) is 0 Å². The quantitative estimate of drug-likeness (QED) is 0.809. The summed E-state index contributed by atoms with van der Waals surface area (Å²) >= 11 is 0. The predicted octanol–water partition coefficient (Wildman–Crippen LogP) is 2.83. The summed E-state index contributed by atoms with van der Waals surface area (Å²) in [6, 6.07) is 7.17. The van der Waals surface area contributed by atoms with Gasteiger partial charge in [-0.05, 0) is 51.9 Å². The van der Waals surface area contributed by atoms with Gasteiger partial charge in [-0.3, -0.25) is 0 Å². The molecular formula is C17H28N2O. The molecule has 1 aromatic carbocycles. The second-order valence-electron chi connectivity index (χ2n) is 6.73. The van der Waals surface area contributed by atoms with Crippen molar-refractivity contribution in [3.05, 3.63) is 29.3 Å². The van der Waals surface area contributed by atoms with Crippen molar-refractivity contribution in [2.45, 2.75) is 52.3 Å². The van der Waals surface area contributed by atoms with E-state index in [0.717, 1.165) is 31.8 Å². The predicted molar refractivity (Wildman–Crippen MR) is 84.3 cm³/mol. The summed E-state index contributed by atoms with van der Waals surface area (Å²) in [5, 5.41) is 3.52.